The van der Waals surface area contributed by atoms with Gasteiger partial charge in [-0.2, -0.15) is 0 Å². The van der Waals surface area contributed by atoms with Gasteiger partial charge in [-0.1, -0.05) is 0 Å². The molecular weight excluding hydrogens is 282 g/mol. The van der Waals surface area contributed by atoms with E-state index in [9.17, 15) is 11.7 Å². The topological polar surface area (TPSA) is 95.7 Å². The first kappa shape index (κ1) is 14.5. The van der Waals surface area contributed by atoms with E-state index in [4.69, 9.17) is 9.05 Å². The second-order valence-electron chi connectivity index (χ2n) is 3.52. The third-order valence-corrected chi connectivity index (χ3v) is 5.59. The molecule has 0 unspecified atom stereocenters. The van der Waals surface area contributed by atoms with Crippen LogP contribution >= 0.6 is 0 Å². The Bertz CT molecular complexity index is 497. The minimum atomic E-state index is -4.04. The Labute approximate surface area is 107 Å². The van der Waals surface area contributed by atoms with Crippen molar-refractivity contribution in [1.29, 1.82) is 0 Å². The molecule has 0 spiro atoms. The summed E-state index contributed by atoms with van der Waals surface area (Å²) in [6, 6.07) is 5.41. The van der Waals surface area contributed by atoms with E-state index in [-0.39, 0.29) is 11.0 Å². The fraction of sp³-hybridized carbons (Fsp3) is 0.333. The molecule has 0 radical (unpaired) electrons. The van der Waals surface area contributed by atoms with Gasteiger partial charge in [-0.3, -0.25) is 0 Å². The molecule has 0 aromatic heterocycles. The summed E-state index contributed by atoms with van der Waals surface area (Å²) in [5.41, 5.74) is 5.86. The molecule has 0 amide bonds. The summed E-state index contributed by atoms with van der Waals surface area (Å²) in [4.78, 5) is -0.0973. The molecular formula is C9H13NO5STi. The van der Waals surface area contributed by atoms with Crippen molar-refractivity contribution in [1.82, 2.24) is 0 Å². The van der Waals surface area contributed by atoms with Crippen LogP contribution in [0.25, 0.3) is 0 Å². The third kappa shape index (κ3) is 4.65. The Morgan fingerprint density at radius 3 is 2.24 bits per heavy atom. The predicted octanol–water partition coefficient (Wildman–Crippen LogP) is 1.19. The molecule has 1 aromatic carbocycles. The van der Waals surface area contributed by atoms with Crippen molar-refractivity contribution in [2.75, 3.05) is 5.73 Å². The van der Waals surface area contributed by atoms with Crippen LogP contribution in [0.15, 0.2) is 29.2 Å². The number of benzene rings is 1. The Morgan fingerprint density at radius 2 is 1.76 bits per heavy atom. The number of anilines is 1. The van der Waals surface area contributed by atoms with E-state index in [2.05, 4.69) is 2.76 Å². The first-order valence-electron chi connectivity index (χ1n) is 4.82. The monoisotopic (exact) mass is 295 g/mol. The van der Waals surface area contributed by atoms with Crippen LogP contribution in [0.5, 0.6) is 0 Å². The van der Waals surface area contributed by atoms with E-state index < -0.39 is 28.7 Å². The Kier molecular flexibility index (Phi) is 4.96. The van der Waals surface area contributed by atoms with Crippen LogP contribution < -0.4 is 5.73 Å². The van der Waals surface area contributed by atoms with Crippen molar-refractivity contribution < 1.29 is 36.4 Å². The van der Waals surface area contributed by atoms with Crippen LogP contribution in [0.2, 0.25) is 0 Å². The zero-order valence-corrected chi connectivity index (χ0v) is 11.8. The Hall–Kier alpha value is -0.596. The normalized spacial score (nSPS) is 11.7. The summed E-state index contributed by atoms with van der Waals surface area (Å²) in [6.07, 6.45) is -0.343. The summed E-state index contributed by atoms with van der Waals surface area (Å²) in [6.45, 7) is 3.29. The number of nitrogens with two attached hydrogens (primary N) is 1. The molecule has 1 rings (SSSR count). The first-order valence-corrected chi connectivity index (χ1v) is 8.14. The van der Waals surface area contributed by atoms with Crippen molar-refractivity contribution in [3.05, 3.63) is 24.3 Å². The van der Waals surface area contributed by atoms with Crippen molar-refractivity contribution in [2.45, 2.75) is 24.8 Å². The summed E-state index contributed by atoms with van der Waals surface area (Å²) < 4.78 is 43.9. The standard InChI is InChI=1S/C6H7NO3S.C3H7O.O.Ti/c7-5-1-3-6(4-2-5)11(8,9)10;1-3(2)4;;/h1-4H,7H2,(H,8,9,10);3H,1-2H3;;/q;-1;;+2/p-1. The third-order valence-electron chi connectivity index (χ3n) is 1.68. The second-order valence-corrected chi connectivity index (χ2v) is 7.00. The van der Waals surface area contributed by atoms with Gasteiger partial charge in [-0.15, -0.1) is 0 Å². The molecule has 17 heavy (non-hydrogen) atoms. The summed E-state index contributed by atoms with van der Waals surface area (Å²) >= 11 is -3.71. The zero-order valence-electron chi connectivity index (χ0n) is 9.41. The van der Waals surface area contributed by atoms with E-state index in [1.165, 1.54) is 24.3 Å². The molecule has 0 fully saturated rings. The van der Waals surface area contributed by atoms with Crippen LogP contribution in [0.1, 0.15) is 13.8 Å². The Morgan fingerprint density at radius 1 is 1.24 bits per heavy atom. The molecule has 0 saturated heterocycles. The van der Waals surface area contributed by atoms with Gasteiger partial charge >= 0.3 is 107 Å². The van der Waals surface area contributed by atoms with Gasteiger partial charge in [0, 0.05) is 0 Å². The zero-order chi connectivity index (χ0) is 13.1. The van der Waals surface area contributed by atoms with E-state index in [0.717, 1.165) is 0 Å². The number of hydrogen-bond donors (Lipinski definition) is 1. The fourth-order valence-electron chi connectivity index (χ4n) is 0.984. The second kappa shape index (κ2) is 5.83. The summed E-state index contributed by atoms with van der Waals surface area (Å²) in [5, 5.41) is 0. The van der Waals surface area contributed by atoms with Gasteiger partial charge in [0.1, 0.15) is 0 Å². The first-order chi connectivity index (χ1) is 7.81. The number of hydrogen-bond acceptors (Lipinski definition) is 6. The van der Waals surface area contributed by atoms with E-state index in [1.54, 1.807) is 13.8 Å². The average molecular weight is 295 g/mol. The van der Waals surface area contributed by atoms with Gasteiger partial charge in [-0.05, 0) is 0 Å². The van der Waals surface area contributed by atoms with Crippen LogP contribution in [0.3, 0.4) is 0 Å². The Balaban J connectivity index is 2.82. The quantitative estimate of drug-likeness (QED) is 0.647. The van der Waals surface area contributed by atoms with Gasteiger partial charge in [0.05, 0.1) is 0 Å². The van der Waals surface area contributed by atoms with Crippen molar-refractivity contribution in [3.8, 4) is 0 Å². The van der Waals surface area contributed by atoms with Gasteiger partial charge < -0.3 is 0 Å². The van der Waals surface area contributed by atoms with Crippen LogP contribution in [-0.4, -0.2) is 14.5 Å². The number of rotatable bonds is 5. The summed E-state index contributed by atoms with van der Waals surface area (Å²) in [7, 11) is -4.04. The maximum atomic E-state index is 11.6. The molecule has 0 heterocycles. The van der Waals surface area contributed by atoms with Gasteiger partial charge in [0.2, 0.25) is 0 Å². The van der Waals surface area contributed by atoms with Gasteiger partial charge in [-0.25, -0.2) is 0 Å². The molecule has 2 N–H and O–H groups in total. The van der Waals surface area contributed by atoms with E-state index in [0.29, 0.717) is 5.69 Å². The van der Waals surface area contributed by atoms with Crippen molar-refractivity contribution in [2.24, 2.45) is 0 Å². The number of nitrogen functional groups attached to an aromatic ring is 1. The minimum absolute atomic E-state index is 0.0973. The predicted molar refractivity (Wildman–Crippen MR) is 56.0 cm³/mol. The summed E-state index contributed by atoms with van der Waals surface area (Å²) in [5.74, 6) is 0. The van der Waals surface area contributed by atoms with Crippen LogP contribution in [0, 0.1) is 0 Å². The molecule has 94 valence electrons. The molecule has 0 aliphatic carbocycles. The molecule has 1 aromatic rings. The molecule has 6 nitrogen and oxygen atoms in total. The SMILES string of the molecule is CC(C)[O][Ti](=[O])[O]S(=O)(=O)c1ccc(N)cc1. The van der Waals surface area contributed by atoms with Crippen molar-refractivity contribution in [3.63, 3.8) is 0 Å². The van der Waals surface area contributed by atoms with E-state index in [1.807, 2.05) is 0 Å². The average Bonchev–Trinajstić information content (AvgIpc) is 2.15. The fourth-order valence-corrected chi connectivity index (χ4v) is 3.84. The maximum absolute atomic E-state index is 11.6. The van der Waals surface area contributed by atoms with Gasteiger partial charge in [0.25, 0.3) is 0 Å². The molecule has 0 saturated carbocycles. The van der Waals surface area contributed by atoms with Crippen molar-refractivity contribution >= 4 is 15.8 Å². The molecule has 0 bridgehead atoms. The molecule has 0 aliphatic rings. The van der Waals surface area contributed by atoms with Crippen LogP contribution in [0.4, 0.5) is 5.69 Å². The van der Waals surface area contributed by atoms with E-state index >= 15 is 0 Å². The van der Waals surface area contributed by atoms with Crippen LogP contribution in [-0.2, 0) is 38.1 Å². The molecule has 8 heteroatoms. The molecule has 0 atom stereocenters. The molecule has 0 aliphatic heterocycles. The van der Waals surface area contributed by atoms with Gasteiger partial charge in [0.15, 0.2) is 0 Å².